The summed E-state index contributed by atoms with van der Waals surface area (Å²) in [4.78, 5) is 11.9. The van der Waals surface area contributed by atoms with Crippen LogP contribution in [0.15, 0.2) is 70.2 Å². The van der Waals surface area contributed by atoms with Crippen molar-refractivity contribution in [2.24, 2.45) is 5.10 Å². The van der Waals surface area contributed by atoms with E-state index in [0.29, 0.717) is 5.76 Å². The summed E-state index contributed by atoms with van der Waals surface area (Å²) in [5.74, 6) is 1.11. The summed E-state index contributed by atoms with van der Waals surface area (Å²) in [6, 6.07) is 19.5. The molecule has 0 spiro atoms. The van der Waals surface area contributed by atoms with E-state index in [1.807, 2.05) is 67.6 Å². The number of carbonyl (C=O) groups is 1. The van der Waals surface area contributed by atoms with Crippen LogP contribution in [0.4, 0.5) is 5.69 Å². The van der Waals surface area contributed by atoms with Gasteiger partial charge in [-0.25, -0.2) is 5.43 Å². The number of furan rings is 1. The lowest BCUT2D eigenvalue weighted by Crippen LogP contribution is -2.26. The molecule has 0 atom stereocenters. The molecular weight excluding hydrogens is 441 g/mol. The summed E-state index contributed by atoms with van der Waals surface area (Å²) in [7, 11) is 0. The fourth-order valence-electron chi connectivity index (χ4n) is 2.35. The number of nitrogens with zero attached hydrogens (tertiary/aromatic N) is 1. The fourth-order valence-corrected chi connectivity index (χ4v) is 2.71. The molecule has 0 aliphatic rings. The predicted molar refractivity (Wildman–Crippen MR) is 112 cm³/mol. The van der Waals surface area contributed by atoms with Gasteiger partial charge in [0.25, 0.3) is 5.91 Å². The molecule has 1 heterocycles. The lowest BCUT2D eigenvalue weighted by atomic mass is 10.2. The molecule has 0 aliphatic heterocycles. The molecule has 0 unspecified atom stereocenters. The van der Waals surface area contributed by atoms with Gasteiger partial charge in [-0.05, 0) is 65.4 Å². The van der Waals surface area contributed by atoms with Gasteiger partial charge in [-0.15, -0.1) is 0 Å². The number of aryl methyl sites for hydroxylation is 1. The number of benzene rings is 2. The highest BCUT2D eigenvalue weighted by molar-refractivity contribution is 14.1. The zero-order chi connectivity index (χ0) is 18.4. The van der Waals surface area contributed by atoms with Crippen LogP contribution in [-0.4, -0.2) is 18.7 Å². The Morgan fingerprint density at radius 2 is 1.88 bits per heavy atom. The quantitative estimate of drug-likeness (QED) is 0.326. The Hall–Kier alpha value is -2.61. The minimum Gasteiger partial charge on any atom is -0.455 e. The number of hydrogen-bond acceptors (Lipinski definition) is 4. The summed E-state index contributed by atoms with van der Waals surface area (Å²) in [5.41, 5.74) is 5.50. The Kier molecular flexibility index (Phi) is 6.06. The van der Waals surface area contributed by atoms with Crippen molar-refractivity contribution in [1.82, 2.24) is 5.43 Å². The molecule has 0 saturated carbocycles. The lowest BCUT2D eigenvalue weighted by molar-refractivity contribution is -0.119. The molecule has 2 aromatic carbocycles. The van der Waals surface area contributed by atoms with Crippen LogP contribution in [0.2, 0.25) is 0 Å². The standard InChI is InChI=1S/C20H18IN3O2/c1-14-4-2-3-5-18(14)22-13-20(25)24-23-12-17-10-11-19(26-17)15-6-8-16(21)9-7-15/h2-12,22H,13H2,1H3,(H,24,25). The number of hydrazone groups is 1. The summed E-state index contributed by atoms with van der Waals surface area (Å²) in [6.45, 7) is 2.13. The van der Waals surface area contributed by atoms with E-state index in [0.717, 1.165) is 22.6 Å². The van der Waals surface area contributed by atoms with E-state index in [4.69, 9.17) is 4.42 Å². The first kappa shape index (κ1) is 18.2. The molecule has 0 bridgehead atoms. The summed E-state index contributed by atoms with van der Waals surface area (Å²) in [6.07, 6.45) is 1.49. The molecule has 1 aromatic heterocycles. The molecule has 0 fully saturated rings. The third kappa shape index (κ3) is 4.95. The van der Waals surface area contributed by atoms with Crippen LogP contribution < -0.4 is 10.7 Å². The minimum atomic E-state index is -0.228. The van der Waals surface area contributed by atoms with Crippen molar-refractivity contribution in [3.05, 3.63) is 75.6 Å². The SMILES string of the molecule is Cc1ccccc1NCC(=O)NN=Cc1ccc(-c2ccc(I)cc2)o1. The van der Waals surface area contributed by atoms with E-state index in [9.17, 15) is 4.79 Å². The third-order valence-corrected chi connectivity index (χ3v) is 4.44. The van der Waals surface area contributed by atoms with Gasteiger partial charge in [-0.2, -0.15) is 5.10 Å². The second-order valence-corrected chi connectivity index (χ2v) is 6.92. The molecule has 5 nitrogen and oxygen atoms in total. The number of halogens is 1. The molecule has 3 aromatic rings. The van der Waals surface area contributed by atoms with Crippen molar-refractivity contribution in [2.75, 3.05) is 11.9 Å². The second kappa shape index (κ2) is 8.66. The van der Waals surface area contributed by atoms with Gasteiger partial charge in [0, 0.05) is 14.8 Å². The molecule has 26 heavy (non-hydrogen) atoms. The lowest BCUT2D eigenvalue weighted by Gasteiger charge is -2.07. The molecule has 1 amide bonds. The van der Waals surface area contributed by atoms with Crippen LogP contribution in [-0.2, 0) is 4.79 Å². The predicted octanol–water partition coefficient (Wildman–Crippen LogP) is 4.42. The van der Waals surface area contributed by atoms with E-state index >= 15 is 0 Å². The Labute approximate surface area is 165 Å². The molecule has 0 aliphatic carbocycles. The van der Waals surface area contributed by atoms with Crippen LogP contribution in [0.5, 0.6) is 0 Å². The van der Waals surface area contributed by atoms with Crippen LogP contribution in [0.25, 0.3) is 11.3 Å². The third-order valence-electron chi connectivity index (χ3n) is 3.72. The zero-order valence-electron chi connectivity index (χ0n) is 14.2. The second-order valence-electron chi connectivity index (χ2n) is 5.67. The van der Waals surface area contributed by atoms with Gasteiger partial charge in [-0.3, -0.25) is 4.79 Å². The van der Waals surface area contributed by atoms with E-state index < -0.39 is 0 Å². The molecule has 2 N–H and O–H groups in total. The van der Waals surface area contributed by atoms with Crippen molar-refractivity contribution in [3.8, 4) is 11.3 Å². The van der Waals surface area contributed by atoms with E-state index in [2.05, 4.69) is 38.4 Å². The Balaban J connectivity index is 1.51. The maximum Gasteiger partial charge on any atom is 0.259 e. The van der Waals surface area contributed by atoms with Gasteiger partial charge < -0.3 is 9.73 Å². The first-order valence-corrected chi connectivity index (χ1v) is 9.17. The topological polar surface area (TPSA) is 66.6 Å². The fraction of sp³-hybridized carbons (Fsp3) is 0.100. The minimum absolute atomic E-state index is 0.147. The Morgan fingerprint density at radius 1 is 1.12 bits per heavy atom. The van der Waals surface area contributed by atoms with Crippen molar-refractivity contribution < 1.29 is 9.21 Å². The first-order chi connectivity index (χ1) is 12.6. The maximum atomic E-state index is 11.9. The number of hydrogen-bond donors (Lipinski definition) is 2. The largest absolute Gasteiger partial charge is 0.455 e. The Morgan fingerprint density at radius 3 is 2.65 bits per heavy atom. The van der Waals surface area contributed by atoms with Crippen LogP contribution >= 0.6 is 22.6 Å². The Bertz CT molecular complexity index is 917. The maximum absolute atomic E-state index is 11.9. The molecular formula is C20H18IN3O2. The van der Waals surface area contributed by atoms with Gasteiger partial charge in [0.15, 0.2) is 0 Å². The number of rotatable bonds is 6. The van der Waals surface area contributed by atoms with Gasteiger partial charge in [0.05, 0.1) is 12.8 Å². The monoisotopic (exact) mass is 459 g/mol. The van der Waals surface area contributed by atoms with Crippen molar-refractivity contribution in [1.29, 1.82) is 0 Å². The highest BCUT2D eigenvalue weighted by Crippen LogP contribution is 2.22. The van der Waals surface area contributed by atoms with Crippen LogP contribution in [0, 0.1) is 10.5 Å². The summed E-state index contributed by atoms with van der Waals surface area (Å²) in [5, 5.41) is 7.02. The highest BCUT2D eigenvalue weighted by Gasteiger charge is 2.04. The van der Waals surface area contributed by atoms with Gasteiger partial charge in [0.2, 0.25) is 0 Å². The van der Waals surface area contributed by atoms with Crippen LogP contribution in [0.1, 0.15) is 11.3 Å². The highest BCUT2D eigenvalue weighted by atomic mass is 127. The number of anilines is 1. The van der Waals surface area contributed by atoms with Crippen LogP contribution in [0.3, 0.4) is 0 Å². The number of amides is 1. The van der Waals surface area contributed by atoms with Gasteiger partial charge >= 0.3 is 0 Å². The van der Waals surface area contributed by atoms with Gasteiger partial charge in [0.1, 0.15) is 11.5 Å². The molecule has 132 valence electrons. The smallest absolute Gasteiger partial charge is 0.259 e. The number of carbonyl (C=O) groups excluding carboxylic acids is 1. The number of nitrogens with one attached hydrogen (secondary N) is 2. The van der Waals surface area contributed by atoms with Crippen molar-refractivity contribution in [3.63, 3.8) is 0 Å². The number of para-hydroxylation sites is 1. The first-order valence-electron chi connectivity index (χ1n) is 8.09. The molecule has 0 radical (unpaired) electrons. The van der Waals surface area contributed by atoms with Gasteiger partial charge in [-0.1, -0.05) is 30.3 Å². The normalized spacial score (nSPS) is 10.8. The molecule has 0 saturated heterocycles. The summed E-state index contributed by atoms with van der Waals surface area (Å²) < 4.78 is 6.89. The van der Waals surface area contributed by atoms with E-state index in [1.54, 1.807) is 0 Å². The summed E-state index contributed by atoms with van der Waals surface area (Å²) >= 11 is 2.26. The van der Waals surface area contributed by atoms with E-state index in [-0.39, 0.29) is 12.5 Å². The van der Waals surface area contributed by atoms with Crippen molar-refractivity contribution >= 4 is 40.4 Å². The molecule has 6 heteroatoms. The van der Waals surface area contributed by atoms with Crippen molar-refractivity contribution in [2.45, 2.75) is 6.92 Å². The average molecular weight is 459 g/mol. The molecule has 3 rings (SSSR count). The van der Waals surface area contributed by atoms with E-state index in [1.165, 1.54) is 9.78 Å². The average Bonchev–Trinajstić information content (AvgIpc) is 3.10. The zero-order valence-corrected chi connectivity index (χ0v) is 16.4.